The van der Waals surface area contributed by atoms with Gasteiger partial charge in [-0.15, -0.1) is 0 Å². The van der Waals surface area contributed by atoms with Crippen LogP contribution in [0.25, 0.3) is 0 Å². The van der Waals surface area contributed by atoms with E-state index >= 15 is 0 Å². The minimum Gasteiger partial charge on any atom is -0.822 e. The first-order valence-corrected chi connectivity index (χ1v) is 2.19. The van der Waals surface area contributed by atoms with Crippen LogP contribution in [0.1, 0.15) is 0 Å². The third kappa shape index (κ3) is 115. The fourth-order valence-corrected chi connectivity index (χ4v) is 0. The standard InChI is InChI=1S/FH.2Na.H3O4P.V/c;;;1-5(2,3)4;/h1H;;;(H3,1,2,3,4);/q;2*+1;;/p-3. The van der Waals surface area contributed by atoms with Crippen LogP contribution in [-0.4, -0.2) is 0 Å². The van der Waals surface area contributed by atoms with E-state index < -0.39 is 7.82 Å². The molecule has 9 heavy (non-hydrogen) atoms. The Morgan fingerprint density at radius 1 is 1.00 bits per heavy atom. The summed E-state index contributed by atoms with van der Waals surface area (Å²) in [4.78, 5) is 25.6. The first-order chi connectivity index (χ1) is 2.00. The van der Waals surface area contributed by atoms with Gasteiger partial charge in [-0.25, -0.2) is 0 Å². The molecule has 9 heteroatoms. The van der Waals surface area contributed by atoms with E-state index in [1.54, 1.807) is 0 Å². The van der Waals surface area contributed by atoms with E-state index in [2.05, 4.69) is 0 Å². The van der Waals surface area contributed by atoms with Gasteiger partial charge in [0.05, 0.1) is 0 Å². The zero-order valence-corrected chi connectivity index (χ0v) is 11.2. The van der Waals surface area contributed by atoms with Crippen LogP contribution in [0.2, 0.25) is 0 Å². The maximum Gasteiger partial charge on any atom is 1.00 e. The molecule has 0 heterocycles. The average molecular weight is 212 g/mol. The van der Waals surface area contributed by atoms with E-state index in [9.17, 15) is 0 Å². The van der Waals surface area contributed by atoms with Crippen LogP contribution < -0.4 is 73.8 Å². The second-order valence-corrected chi connectivity index (χ2v) is 1.34. The van der Waals surface area contributed by atoms with Crippen LogP contribution in [0.4, 0.5) is 4.70 Å². The number of phosphoric acid groups is 1. The van der Waals surface area contributed by atoms with Gasteiger partial charge in [-0.05, 0) is 0 Å². The first-order valence-electron chi connectivity index (χ1n) is 0.730. The van der Waals surface area contributed by atoms with Crippen LogP contribution in [0.5, 0.6) is 0 Å². The number of halogens is 1. The second-order valence-electron chi connectivity index (χ2n) is 0.447. The van der Waals surface area contributed by atoms with Gasteiger partial charge < -0.3 is 19.2 Å². The quantitative estimate of drug-likeness (QED) is 0.294. The zero-order chi connectivity index (χ0) is 4.50. The monoisotopic (exact) mass is 212 g/mol. The molecule has 0 N–H and O–H groups in total. The molecule has 45 valence electrons. The summed E-state index contributed by atoms with van der Waals surface area (Å²) in [6.07, 6.45) is 0. The van der Waals surface area contributed by atoms with Gasteiger partial charge in [-0.2, -0.15) is 7.82 Å². The Hall–Kier alpha value is 2.62. The second kappa shape index (κ2) is 13.2. The molecule has 0 aliphatic heterocycles. The fourth-order valence-electron chi connectivity index (χ4n) is 0. The maximum absolute atomic E-state index is 8.55. The minimum absolute atomic E-state index is 0. The molecule has 0 bridgehead atoms. The molecule has 0 aliphatic rings. The van der Waals surface area contributed by atoms with E-state index in [1.807, 2.05) is 0 Å². The molecule has 0 atom stereocenters. The van der Waals surface area contributed by atoms with Crippen molar-refractivity contribution in [1.82, 2.24) is 0 Å². The molecule has 0 aromatic heterocycles. The maximum atomic E-state index is 8.55. The minimum atomic E-state index is -5.39. The van der Waals surface area contributed by atoms with Crippen molar-refractivity contribution in [3.63, 3.8) is 0 Å². The molecule has 0 aromatic rings. The van der Waals surface area contributed by atoms with E-state index in [0.29, 0.717) is 0 Å². The van der Waals surface area contributed by atoms with Gasteiger partial charge in [0.2, 0.25) is 0 Å². The molecule has 0 fully saturated rings. The van der Waals surface area contributed by atoms with E-state index in [4.69, 9.17) is 19.2 Å². The summed E-state index contributed by atoms with van der Waals surface area (Å²) in [5, 5.41) is 0. The Kier molecular flexibility index (Phi) is 44.0. The predicted molar refractivity (Wildman–Crippen MR) is 10.1 cm³/mol. The SMILES string of the molecule is F.O=P([O-])([O-])[O-].[Na+].[Na+].[V]. The smallest absolute Gasteiger partial charge is 0.822 e. The molecule has 0 aliphatic carbocycles. The van der Waals surface area contributed by atoms with E-state index in [0.717, 1.165) is 0 Å². The Morgan fingerprint density at radius 3 is 1.00 bits per heavy atom. The molecule has 0 unspecified atom stereocenters. The van der Waals surface area contributed by atoms with Crippen LogP contribution in [-0.2, 0) is 23.1 Å². The van der Waals surface area contributed by atoms with Crippen LogP contribution >= 0.6 is 7.82 Å². The van der Waals surface area contributed by atoms with Gasteiger partial charge in [0.1, 0.15) is 0 Å². The van der Waals surface area contributed by atoms with Gasteiger partial charge in [0, 0.05) is 18.6 Å². The van der Waals surface area contributed by atoms with Crippen molar-refractivity contribution >= 4 is 7.82 Å². The van der Waals surface area contributed by atoms with Gasteiger partial charge in [0.25, 0.3) is 0 Å². The molecule has 4 nitrogen and oxygen atoms in total. The van der Waals surface area contributed by atoms with Gasteiger partial charge in [-0.1, -0.05) is 0 Å². The van der Waals surface area contributed by atoms with Crippen LogP contribution in [0.3, 0.4) is 0 Å². The number of rotatable bonds is 0. The Morgan fingerprint density at radius 2 is 1.00 bits per heavy atom. The Bertz CT molecular complexity index is 64.7. The normalized spacial score (nSPS) is 6.56. The third-order valence-electron chi connectivity index (χ3n) is 0. The summed E-state index contributed by atoms with van der Waals surface area (Å²) in [6, 6.07) is 0. The molecule has 0 rings (SSSR count). The summed E-state index contributed by atoms with van der Waals surface area (Å²) in [6.45, 7) is 0. The molecular formula is HFNa2O4PV-. The molecule has 0 amide bonds. The zero-order valence-electron chi connectivity index (χ0n) is 4.94. The van der Waals surface area contributed by atoms with Crippen molar-refractivity contribution in [2.45, 2.75) is 0 Å². The van der Waals surface area contributed by atoms with Gasteiger partial charge >= 0.3 is 59.1 Å². The number of hydrogen-bond acceptors (Lipinski definition) is 4. The average Bonchev–Trinajstić information content (AvgIpc) is 0.722. The van der Waals surface area contributed by atoms with Crippen LogP contribution in [0, 0.1) is 0 Å². The molecular weight excluding hydrogens is 211 g/mol. The van der Waals surface area contributed by atoms with Crippen LogP contribution in [0.15, 0.2) is 0 Å². The van der Waals surface area contributed by atoms with Crippen molar-refractivity contribution in [2.24, 2.45) is 0 Å². The fraction of sp³-hybridized carbons (Fsp3) is 0. The largest absolute Gasteiger partial charge is 1.00 e. The molecule has 0 saturated heterocycles. The van der Waals surface area contributed by atoms with Crippen molar-refractivity contribution in [2.75, 3.05) is 0 Å². The topological polar surface area (TPSA) is 86.2 Å². The van der Waals surface area contributed by atoms with Crippen molar-refractivity contribution < 1.29 is 102 Å². The molecule has 1 radical (unpaired) electrons. The number of hydrogen-bond donors (Lipinski definition) is 0. The first kappa shape index (κ1) is 29.9. The van der Waals surface area contributed by atoms with E-state index in [-0.39, 0.29) is 82.4 Å². The summed E-state index contributed by atoms with van der Waals surface area (Å²) in [5.41, 5.74) is 0. The van der Waals surface area contributed by atoms with Crippen molar-refractivity contribution in [1.29, 1.82) is 0 Å². The summed E-state index contributed by atoms with van der Waals surface area (Å²) >= 11 is 0. The van der Waals surface area contributed by atoms with Gasteiger partial charge in [-0.3, -0.25) is 4.70 Å². The van der Waals surface area contributed by atoms with E-state index in [1.165, 1.54) is 0 Å². The molecule has 0 saturated carbocycles. The molecule has 0 spiro atoms. The van der Waals surface area contributed by atoms with Crippen molar-refractivity contribution in [3.05, 3.63) is 0 Å². The third-order valence-corrected chi connectivity index (χ3v) is 0. The van der Waals surface area contributed by atoms with Crippen molar-refractivity contribution in [3.8, 4) is 0 Å². The Labute approximate surface area is 108 Å². The summed E-state index contributed by atoms with van der Waals surface area (Å²) < 4.78 is 8.55. The predicted octanol–water partition coefficient (Wildman–Crippen LogP) is -8.67. The summed E-state index contributed by atoms with van der Waals surface area (Å²) in [5.74, 6) is 0. The summed E-state index contributed by atoms with van der Waals surface area (Å²) in [7, 11) is -5.39. The Balaban J connectivity index is -0.0000000133. The van der Waals surface area contributed by atoms with Gasteiger partial charge in [0.15, 0.2) is 0 Å². The molecule has 0 aromatic carbocycles.